The summed E-state index contributed by atoms with van der Waals surface area (Å²) in [6.07, 6.45) is -3.16. The number of pyridine rings is 1. The number of carbonyl (C=O) groups excluding carboxylic acids is 1. The number of rotatable bonds is 5. The lowest BCUT2D eigenvalue weighted by atomic mass is 9.95. The average Bonchev–Trinajstić information content (AvgIpc) is 2.94. The summed E-state index contributed by atoms with van der Waals surface area (Å²) in [5, 5.41) is 10.1. The van der Waals surface area contributed by atoms with Gasteiger partial charge in [-0.2, -0.15) is 13.2 Å². The molecule has 1 atom stereocenters. The predicted molar refractivity (Wildman–Crippen MR) is 78.7 cm³/mol. The number of hydrogen-bond acceptors (Lipinski definition) is 4. The minimum absolute atomic E-state index is 0.0811. The molecule has 2 heterocycles. The van der Waals surface area contributed by atoms with Gasteiger partial charge in [0.05, 0.1) is 6.42 Å². The first-order valence-electron chi connectivity index (χ1n) is 7.12. The van der Waals surface area contributed by atoms with Crippen LogP contribution in [0.4, 0.5) is 13.2 Å². The monoisotopic (exact) mass is 342 g/mol. The fraction of sp³-hybridized carbons (Fsp3) is 0.375. The number of hydrogen-bond donors (Lipinski definition) is 1. The second kappa shape index (κ2) is 6.64. The summed E-state index contributed by atoms with van der Waals surface area (Å²) in [7, 11) is 1.36. The molecular weight excluding hydrogens is 325 g/mol. The van der Waals surface area contributed by atoms with Gasteiger partial charge in [-0.1, -0.05) is 6.07 Å². The smallest absolute Gasteiger partial charge is 0.425 e. The molecule has 1 amide bonds. The van der Waals surface area contributed by atoms with Crippen molar-refractivity contribution >= 4 is 5.91 Å². The van der Waals surface area contributed by atoms with Crippen LogP contribution in [0.5, 0.6) is 0 Å². The van der Waals surface area contributed by atoms with Crippen molar-refractivity contribution in [3.05, 3.63) is 53.7 Å². The van der Waals surface area contributed by atoms with Gasteiger partial charge in [0.15, 0.2) is 0 Å². The number of aliphatic hydroxyl groups is 1. The highest BCUT2D eigenvalue weighted by Gasteiger charge is 2.58. The molecule has 130 valence electrons. The Morgan fingerprint density at radius 2 is 2.04 bits per heavy atom. The van der Waals surface area contributed by atoms with Crippen molar-refractivity contribution in [3.63, 3.8) is 0 Å². The third-order valence-corrected chi connectivity index (χ3v) is 3.59. The molecule has 0 bridgehead atoms. The molecule has 0 spiro atoms. The van der Waals surface area contributed by atoms with Gasteiger partial charge in [-0.15, -0.1) is 0 Å². The van der Waals surface area contributed by atoms with Crippen LogP contribution in [0.2, 0.25) is 0 Å². The van der Waals surface area contributed by atoms with Crippen LogP contribution < -0.4 is 0 Å². The van der Waals surface area contributed by atoms with Gasteiger partial charge >= 0.3 is 6.18 Å². The van der Waals surface area contributed by atoms with E-state index in [1.165, 1.54) is 26.2 Å². The maximum absolute atomic E-state index is 13.4. The summed E-state index contributed by atoms with van der Waals surface area (Å²) >= 11 is 0. The summed E-state index contributed by atoms with van der Waals surface area (Å²) in [6.45, 7) is 1.54. The lowest BCUT2D eigenvalue weighted by molar-refractivity contribution is -0.274. The van der Waals surface area contributed by atoms with Crippen LogP contribution in [-0.2, 0) is 16.9 Å². The van der Waals surface area contributed by atoms with Gasteiger partial charge in [0.25, 0.3) is 0 Å². The highest BCUT2D eigenvalue weighted by atomic mass is 19.4. The van der Waals surface area contributed by atoms with E-state index in [1.54, 1.807) is 18.3 Å². The molecule has 2 aromatic heterocycles. The minimum Gasteiger partial charge on any atom is -0.463 e. The van der Waals surface area contributed by atoms with E-state index >= 15 is 0 Å². The van der Waals surface area contributed by atoms with E-state index in [-0.39, 0.29) is 12.3 Å². The van der Waals surface area contributed by atoms with Crippen LogP contribution in [0.3, 0.4) is 0 Å². The number of nitrogens with zero attached hydrogens (tertiary/aromatic N) is 2. The summed E-state index contributed by atoms with van der Waals surface area (Å²) < 4.78 is 45.0. The number of halogens is 3. The zero-order valence-corrected chi connectivity index (χ0v) is 13.2. The maximum Gasteiger partial charge on any atom is 0.425 e. The minimum atomic E-state index is -5.05. The third kappa shape index (κ3) is 3.76. The molecule has 1 unspecified atom stereocenters. The zero-order valence-electron chi connectivity index (χ0n) is 13.2. The number of carbonyl (C=O) groups is 1. The molecular formula is C16H17F3N2O3. The summed E-state index contributed by atoms with van der Waals surface area (Å²) in [5.41, 5.74) is -2.71. The molecule has 8 heteroatoms. The standard InChI is InChI=1S/C16H17F3N2O3/c1-11-5-6-13(24-11)15(23,16(17,18)19)8-14(22)21(2)10-12-4-3-7-20-9-12/h3-7,9,23H,8,10H2,1-2H3. The molecule has 0 aliphatic rings. The summed E-state index contributed by atoms with van der Waals surface area (Å²) in [5.74, 6) is -1.35. The molecule has 0 fully saturated rings. The number of alkyl halides is 3. The molecule has 0 aliphatic heterocycles. The molecule has 2 rings (SSSR count). The topological polar surface area (TPSA) is 66.6 Å². The second-order valence-corrected chi connectivity index (χ2v) is 5.56. The first-order valence-corrected chi connectivity index (χ1v) is 7.12. The van der Waals surface area contributed by atoms with Gasteiger partial charge in [0, 0.05) is 26.0 Å². The SMILES string of the molecule is Cc1ccc(C(O)(CC(=O)N(C)Cc2cccnc2)C(F)(F)F)o1. The van der Waals surface area contributed by atoms with Gasteiger partial charge in [0.2, 0.25) is 11.5 Å². The fourth-order valence-corrected chi connectivity index (χ4v) is 2.19. The number of furan rings is 1. The summed E-state index contributed by atoms with van der Waals surface area (Å²) in [4.78, 5) is 17.2. The normalized spacial score (nSPS) is 14.2. The highest BCUT2D eigenvalue weighted by molar-refractivity contribution is 5.77. The van der Waals surface area contributed by atoms with Crippen LogP contribution in [0, 0.1) is 6.92 Å². The number of aromatic nitrogens is 1. The van der Waals surface area contributed by atoms with Crippen LogP contribution in [0.1, 0.15) is 23.5 Å². The Morgan fingerprint density at radius 1 is 1.33 bits per heavy atom. The quantitative estimate of drug-likeness (QED) is 0.907. The Bertz CT molecular complexity index is 700. The van der Waals surface area contributed by atoms with Crippen molar-refractivity contribution in [1.82, 2.24) is 9.88 Å². The first-order chi connectivity index (χ1) is 11.1. The van der Waals surface area contributed by atoms with E-state index in [0.29, 0.717) is 5.56 Å². The van der Waals surface area contributed by atoms with Gasteiger partial charge in [-0.3, -0.25) is 9.78 Å². The molecule has 5 nitrogen and oxygen atoms in total. The Labute approximate surface area is 136 Å². The van der Waals surface area contributed by atoms with Gasteiger partial charge in [0.1, 0.15) is 11.5 Å². The maximum atomic E-state index is 13.4. The van der Waals surface area contributed by atoms with Crippen LogP contribution in [0.15, 0.2) is 41.1 Å². The van der Waals surface area contributed by atoms with E-state index in [2.05, 4.69) is 4.98 Å². The van der Waals surface area contributed by atoms with E-state index < -0.39 is 29.9 Å². The Hall–Kier alpha value is -2.35. The van der Waals surface area contributed by atoms with E-state index in [1.807, 2.05) is 0 Å². The molecule has 0 radical (unpaired) electrons. The lowest BCUT2D eigenvalue weighted by Gasteiger charge is -2.29. The van der Waals surface area contributed by atoms with Crippen LogP contribution in [0.25, 0.3) is 0 Å². The molecule has 0 saturated carbocycles. The van der Waals surface area contributed by atoms with E-state index in [4.69, 9.17) is 4.42 Å². The fourth-order valence-electron chi connectivity index (χ4n) is 2.19. The zero-order chi connectivity index (χ0) is 18.0. The van der Waals surface area contributed by atoms with Crippen molar-refractivity contribution in [2.45, 2.75) is 31.7 Å². The lowest BCUT2D eigenvalue weighted by Crippen LogP contribution is -2.46. The van der Waals surface area contributed by atoms with Crippen LogP contribution >= 0.6 is 0 Å². The second-order valence-electron chi connectivity index (χ2n) is 5.56. The van der Waals surface area contributed by atoms with Gasteiger partial charge in [-0.25, -0.2) is 0 Å². The molecule has 0 aromatic carbocycles. The predicted octanol–water partition coefficient (Wildman–Crippen LogP) is 2.78. The molecule has 2 aromatic rings. The van der Waals surface area contributed by atoms with Crippen LogP contribution in [-0.4, -0.2) is 34.1 Å². The van der Waals surface area contributed by atoms with Gasteiger partial charge < -0.3 is 14.4 Å². The molecule has 24 heavy (non-hydrogen) atoms. The molecule has 0 saturated heterocycles. The van der Waals surface area contributed by atoms with Crippen molar-refractivity contribution in [3.8, 4) is 0 Å². The van der Waals surface area contributed by atoms with E-state index in [9.17, 15) is 23.1 Å². The average molecular weight is 342 g/mol. The summed E-state index contributed by atoms with van der Waals surface area (Å²) in [6, 6.07) is 5.68. The van der Waals surface area contributed by atoms with Crippen molar-refractivity contribution in [2.75, 3.05) is 7.05 Å². The Kier molecular flexibility index (Phi) is 4.98. The first kappa shape index (κ1) is 18.0. The van der Waals surface area contributed by atoms with Crippen molar-refractivity contribution < 1.29 is 27.5 Å². The Morgan fingerprint density at radius 3 is 2.54 bits per heavy atom. The van der Waals surface area contributed by atoms with Crippen molar-refractivity contribution in [2.24, 2.45) is 0 Å². The molecule has 1 N–H and O–H groups in total. The number of amides is 1. The largest absolute Gasteiger partial charge is 0.463 e. The van der Waals surface area contributed by atoms with E-state index in [0.717, 1.165) is 11.0 Å². The molecule has 0 aliphatic carbocycles. The van der Waals surface area contributed by atoms with Gasteiger partial charge in [-0.05, 0) is 30.7 Å². The third-order valence-electron chi connectivity index (χ3n) is 3.59. The number of aryl methyl sites for hydroxylation is 1. The van der Waals surface area contributed by atoms with Crippen molar-refractivity contribution in [1.29, 1.82) is 0 Å². The highest BCUT2D eigenvalue weighted by Crippen LogP contribution is 2.42. The Balaban J connectivity index is 2.19.